The highest BCUT2D eigenvalue weighted by atomic mass is 32.2. The van der Waals surface area contributed by atoms with Gasteiger partial charge in [-0.15, -0.1) is 11.8 Å². The van der Waals surface area contributed by atoms with Crippen molar-refractivity contribution in [1.29, 1.82) is 0 Å². The molecule has 0 saturated heterocycles. The van der Waals surface area contributed by atoms with Gasteiger partial charge in [0, 0.05) is 4.90 Å². The molecule has 0 spiro atoms. The number of thioether (sulfide) groups is 1. The van der Waals surface area contributed by atoms with Crippen molar-refractivity contribution in [3.05, 3.63) is 29.8 Å². The highest BCUT2D eigenvalue weighted by Crippen LogP contribution is 2.40. The van der Waals surface area contributed by atoms with Crippen LogP contribution in [0.25, 0.3) is 0 Å². The van der Waals surface area contributed by atoms with E-state index in [0.29, 0.717) is 11.8 Å². The Bertz CT molecular complexity index is 360. The summed E-state index contributed by atoms with van der Waals surface area (Å²) >= 11 is 1.75. The zero-order valence-corrected chi connectivity index (χ0v) is 12.2. The molecule has 1 aromatic carbocycles. The molecule has 2 heteroatoms. The minimum atomic E-state index is -0.272. The maximum absolute atomic E-state index is 10.6. The van der Waals surface area contributed by atoms with E-state index in [-0.39, 0.29) is 6.10 Å². The average molecular weight is 264 g/mol. The van der Waals surface area contributed by atoms with Crippen molar-refractivity contribution in [2.24, 2.45) is 11.8 Å². The summed E-state index contributed by atoms with van der Waals surface area (Å²) in [6.07, 6.45) is 8.11. The normalized spacial score (nSPS) is 25.9. The van der Waals surface area contributed by atoms with Crippen molar-refractivity contribution >= 4 is 11.8 Å². The van der Waals surface area contributed by atoms with Crippen molar-refractivity contribution in [3.63, 3.8) is 0 Å². The van der Waals surface area contributed by atoms with Crippen LogP contribution in [0.1, 0.15) is 50.7 Å². The van der Waals surface area contributed by atoms with Gasteiger partial charge in [-0.1, -0.05) is 44.7 Å². The second-order valence-electron chi connectivity index (χ2n) is 5.33. The van der Waals surface area contributed by atoms with E-state index in [0.717, 1.165) is 5.56 Å². The number of rotatable bonds is 4. The quantitative estimate of drug-likeness (QED) is 0.798. The van der Waals surface area contributed by atoms with E-state index in [1.54, 1.807) is 11.8 Å². The Kier molecular flexibility index (Phi) is 5.13. The van der Waals surface area contributed by atoms with Crippen LogP contribution in [-0.2, 0) is 0 Å². The fourth-order valence-corrected chi connectivity index (χ4v) is 3.62. The average Bonchev–Trinajstić information content (AvgIpc) is 2.46. The van der Waals surface area contributed by atoms with E-state index < -0.39 is 0 Å². The first-order chi connectivity index (χ1) is 8.76. The summed E-state index contributed by atoms with van der Waals surface area (Å²) in [5.74, 6) is 1.16. The predicted molar refractivity (Wildman–Crippen MR) is 78.9 cm³/mol. The molecule has 0 radical (unpaired) electrons. The van der Waals surface area contributed by atoms with E-state index in [1.165, 1.54) is 37.0 Å². The molecule has 0 bridgehead atoms. The van der Waals surface area contributed by atoms with E-state index in [4.69, 9.17) is 0 Å². The van der Waals surface area contributed by atoms with E-state index in [9.17, 15) is 5.11 Å². The third kappa shape index (κ3) is 3.10. The number of aliphatic hydroxyl groups is 1. The van der Waals surface area contributed by atoms with Gasteiger partial charge in [0.2, 0.25) is 0 Å². The standard InChI is InChI=1S/C16H24OS/c1-3-12-6-4-5-7-15(12)16(17)13-8-10-14(18-2)11-9-13/h8-12,15-17H,3-7H2,1-2H3. The maximum atomic E-state index is 10.6. The van der Waals surface area contributed by atoms with Gasteiger partial charge in [-0.05, 0) is 42.2 Å². The van der Waals surface area contributed by atoms with Gasteiger partial charge in [-0.25, -0.2) is 0 Å². The second kappa shape index (κ2) is 6.63. The van der Waals surface area contributed by atoms with Gasteiger partial charge >= 0.3 is 0 Å². The second-order valence-corrected chi connectivity index (χ2v) is 6.21. The van der Waals surface area contributed by atoms with Crippen molar-refractivity contribution in [2.45, 2.75) is 50.0 Å². The number of aliphatic hydroxyl groups excluding tert-OH is 1. The molecule has 1 aromatic rings. The molecule has 2 rings (SSSR count). The Morgan fingerprint density at radius 1 is 1.22 bits per heavy atom. The lowest BCUT2D eigenvalue weighted by molar-refractivity contribution is 0.0452. The zero-order valence-electron chi connectivity index (χ0n) is 11.4. The predicted octanol–water partition coefficient (Wildman–Crippen LogP) is 4.66. The summed E-state index contributed by atoms with van der Waals surface area (Å²) in [6, 6.07) is 8.43. The molecule has 0 amide bonds. The molecule has 0 heterocycles. The first-order valence-electron chi connectivity index (χ1n) is 7.08. The SMILES string of the molecule is CCC1CCCCC1C(O)c1ccc(SC)cc1. The number of hydrogen-bond acceptors (Lipinski definition) is 2. The molecule has 1 aliphatic carbocycles. The van der Waals surface area contributed by atoms with Crippen LogP contribution in [0.5, 0.6) is 0 Å². The molecule has 0 aliphatic heterocycles. The van der Waals surface area contributed by atoms with Crippen molar-refractivity contribution in [2.75, 3.05) is 6.26 Å². The van der Waals surface area contributed by atoms with E-state index in [1.807, 2.05) is 0 Å². The molecular weight excluding hydrogens is 240 g/mol. The third-order valence-electron chi connectivity index (χ3n) is 4.36. The number of hydrogen-bond donors (Lipinski definition) is 1. The van der Waals surface area contributed by atoms with Crippen molar-refractivity contribution < 1.29 is 5.11 Å². The van der Waals surface area contributed by atoms with Crippen LogP contribution in [0.4, 0.5) is 0 Å². The lowest BCUT2D eigenvalue weighted by Crippen LogP contribution is -2.25. The molecule has 1 N–H and O–H groups in total. The van der Waals surface area contributed by atoms with Crippen molar-refractivity contribution in [3.8, 4) is 0 Å². The van der Waals surface area contributed by atoms with Gasteiger partial charge in [0.25, 0.3) is 0 Å². The van der Waals surface area contributed by atoms with E-state index >= 15 is 0 Å². The Labute approximate surface area is 115 Å². The lowest BCUT2D eigenvalue weighted by Gasteiger charge is -2.34. The summed E-state index contributed by atoms with van der Waals surface area (Å²) < 4.78 is 0. The van der Waals surface area contributed by atoms with Gasteiger partial charge in [-0.3, -0.25) is 0 Å². The molecule has 1 nitrogen and oxygen atoms in total. The van der Waals surface area contributed by atoms with Crippen LogP contribution in [0.3, 0.4) is 0 Å². The Morgan fingerprint density at radius 2 is 1.89 bits per heavy atom. The van der Waals surface area contributed by atoms with Crippen LogP contribution in [-0.4, -0.2) is 11.4 Å². The fourth-order valence-electron chi connectivity index (χ4n) is 3.21. The van der Waals surface area contributed by atoms with Gasteiger partial charge in [0.1, 0.15) is 0 Å². The molecule has 0 aromatic heterocycles. The molecule has 3 atom stereocenters. The molecule has 1 saturated carbocycles. The lowest BCUT2D eigenvalue weighted by atomic mass is 9.73. The maximum Gasteiger partial charge on any atom is 0.0820 e. The summed E-state index contributed by atoms with van der Waals surface area (Å²) in [7, 11) is 0. The van der Waals surface area contributed by atoms with Crippen LogP contribution < -0.4 is 0 Å². The molecule has 18 heavy (non-hydrogen) atoms. The van der Waals surface area contributed by atoms with Gasteiger partial charge in [-0.2, -0.15) is 0 Å². The van der Waals surface area contributed by atoms with Gasteiger partial charge in [0.05, 0.1) is 6.10 Å². The largest absolute Gasteiger partial charge is 0.388 e. The summed E-state index contributed by atoms with van der Waals surface area (Å²) in [6.45, 7) is 2.26. The Balaban J connectivity index is 2.10. The first kappa shape index (κ1) is 14.0. The Hall–Kier alpha value is -0.470. The highest BCUT2D eigenvalue weighted by molar-refractivity contribution is 7.98. The highest BCUT2D eigenvalue weighted by Gasteiger charge is 2.30. The van der Waals surface area contributed by atoms with Crippen LogP contribution >= 0.6 is 11.8 Å². The topological polar surface area (TPSA) is 20.2 Å². The molecule has 100 valence electrons. The van der Waals surface area contributed by atoms with Crippen molar-refractivity contribution in [1.82, 2.24) is 0 Å². The smallest absolute Gasteiger partial charge is 0.0820 e. The zero-order chi connectivity index (χ0) is 13.0. The Morgan fingerprint density at radius 3 is 2.50 bits per heavy atom. The van der Waals surface area contributed by atoms with Crippen LogP contribution in [0.2, 0.25) is 0 Å². The summed E-state index contributed by atoms with van der Waals surface area (Å²) in [4.78, 5) is 1.27. The monoisotopic (exact) mass is 264 g/mol. The minimum Gasteiger partial charge on any atom is -0.388 e. The van der Waals surface area contributed by atoms with E-state index in [2.05, 4.69) is 37.4 Å². The third-order valence-corrected chi connectivity index (χ3v) is 5.10. The minimum absolute atomic E-state index is 0.272. The molecule has 1 aliphatic rings. The number of benzene rings is 1. The summed E-state index contributed by atoms with van der Waals surface area (Å²) in [5, 5.41) is 10.6. The van der Waals surface area contributed by atoms with Crippen LogP contribution in [0, 0.1) is 11.8 Å². The fraction of sp³-hybridized carbons (Fsp3) is 0.625. The van der Waals surface area contributed by atoms with Crippen LogP contribution in [0.15, 0.2) is 29.2 Å². The molecule has 3 unspecified atom stereocenters. The summed E-state index contributed by atoms with van der Waals surface area (Å²) in [5.41, 5.74) is 1.10. The first-order valence-corrected chi connectivity index (χ1v) is 8.30. The van der Waals surface area contributed by atoms with Gasteiger partial charge < -0.3 is 5.11 Å². The molecular formula is C16H24OS. The van der Waals surface area contributed by atoms with Gasteiger partial charge in [0.15, 0.2) is 0 Å². The molecule has 1 fully saturated rings.